The van der Waals surface area contributed by atoms with Gasteiger partial charge in [0.1, 0.15) is 0 Å². The first-order chi connectivity index (χ1) is 9.15. The van der Waals surface area contributed by atoms with Crippen LogP contribution in [0.15, 0.2) is 15.2 Å². The lowest BCUT2D eigenvalue weighted by Crippen LogP contribution is -2.51. The van der Waals surface area contributed by atoms with Gasteiger partial charge in [-0.05, 0) is 34.8 Å². The monoisotopic (exact) mass is 342 g/mol. The van der Waals surface area contributed by atoms with Gasteiger partial charge in [0.05, 0.1) is 9.35 Å². The Morgan fingerprint density at radius 3 is 2.32 bits per heavy atom. The standard InChI is InChI=1S/C13H15BrN2O2S/c14-11-7-10(8-19-11)13(18)16-5-3-15(4-6-16)12(17)9-1-2-9/h7-9H,1-6H2. The van der Waals surface area contributed by atoms with E-state index < -0.39 is 0 Å². The second-order valence-corrected chi connectivity index (χ2v) is 7.32. The largest absolute Gasteiger partial charge is 0.339 e. The number of halogens is 1. The molecule has 1 saturated heterocycles. The first-order valence-corrected chi connectivity index (χ1v) is 8.14. The second-order valence-electron chi connectivity index (χ2n) is 5.03. The molecule has 0 unspecified atom stereocenters. The fraction of sp³-hybridized carbons (Fsp3) is 0.538. The third-order valence-corrected chi connectivity index (χ3v) is 5.12. The molecule has 1 aromatic heterocycles. The van der Waals surface area contributed by atoms with Crippen LogP contribution in [0.5, 0.6) is 0 Å². The summed E-state index contributed by atoms with van der Waals surface area (Å²) in [6.45, 7) is 2.63. The molecular formula is C13H15BrN2O2S. The Bertz CT molecular complexity index is 504. The number of nitrogens with zero attached hydrogens (tertiary/aromatic N) is 2. The summed E-state index contributed by atoms with van der Waals surface area (Å²) in [4.78, 5) is 27.9. The maximum Gasteiger partial charge on any atom is 0.254 e. The minimum atomic E-state index is 0.0699. The lowest BCUT2D eigenvalue weighted by atomic mass is 10.2. The van der Waals surface area contributed by atoms with Crippen LogP contribution in [0.4, 0.5) is 0 Å². The van der Waals surface area contributed by atoms with Crippen molar-refractivity contribution in [2.75, 3.05) is 26.2 Å². The van der Waals surface area contributed by atoms with Crippen LogP contribution >= 0.6 is 27.3 Å². The SMILES string of the molecule is O=C(c1csc(Br)c1)N1CCN(C(=O)C2CC2)CC1. The van der Waals surface area contributed by atoms with Crippen LogP contribution in [0, 0.1) is 5.92 Å². The highest BCUT2D eigenvalue weighted by Crippen LogP contribution is 2.31. The molecular weight excluding hydrogens is 328 g/mol. The van der Waals surface area contributed by atoms with Gasteiger partial charge in [-0.15, -0.1) is 11.3 Å². The summed E-state index contributed by atoms with van der Waals surface area (Å²) >= 11 is 4.89. The van der Waals surface area contributed by atoms with E-state index in [0.717, 1.165) is 22.2 Å². The topological polar surface area (TPSA) is 40.6 Å². The molecule has 0 bridgehead atoms. The zero-order valence-corrected chi connectivity index (χ0v) is 12.9. The minimum absolute atomic E-state index is 0.0699. The van der Waals surface area contributed by atoms with Crippen LogP contribution in [-0.4, -0.2) is 47.8 Å². The molecule has 2 heterocycles. The van der Waals surface area contributed by atoms with Crippen molar-refractivity contribution in [3.63, 3.8) is 0 Å². The van der Waals surface area contributed by atoms with Crippen LogP contribution in [-0.2, 0) is 4.79 Å². The maximum absolute atomic E-state index is 12.2. The van der Waals surface area contributed by atoms with Gasteiger partial charge >= 0.3 is 0 Å². The summed E-state index contributed by atoms with van der Waals surface area (Å²) in [6, 6.07) is 1.86. The third-order valence-electron chi connectivity index (χ3n) is 3.62. The average molecular weight is 343 g/mol. The van der Waals surface area contributed by atoms with Crippen LogP contribution in [0.25, 0.3) is 0 Å². The molecule has 0 radical (unpaired) electrons. The summed E-state index contributed by atoms with van der Waals surface area (Å²) in [5, 5.41) is 1.87. The molecule has 1 aliphatic carbocycles. The third kappa shape index (κ3) is 2.84. The van der Waals surface area contributed by atoms with Crippen LogP contribution in [0.1, 0.15) is 23.2 Å². The molecule has 2 aliphatic rings. The Kier molecular flexibility index (Phi) is 3.62. The van der Waals surface area contributed by atoms with Gasteiger partial charge in [-0.25, -0.2) is 0 Å². The number of piperazine rings is 1. The molecule has 1 aliphatic heterocycles. The molecule has 1 aromatic rings. The van der Waals surface area contributed by atoms with E-state index >= 15 is 0 Å². The van der Waals surface area contributed by atoms with E-state index in [2.05, 4.69) is 15.9 Å². The number of thiophene rings is 1. The molecule has 0 N–H and O–H groups in total. The fourth-order valence-corrected chi connectivity index (χ4v) is 3.45. The smallest absolute Gasteiger partial charge is 0.254 e. The molecule has 2 amide bonds. The lowest BCUT2D eigenvalue weighted by Gasteiger charge is -2.34. The number of carbonyl (C=O) groups is 2. The fourth-order valence-electron chi connectivity index (χ4n) is 2.32. The van der Waals surface area contributed by atoms with E-state index in [9.17, 15) is 9.59 Å². The van der Waals surface area contributed by atoms with Crippen molar-refractivity contribution in [1.29, 1.82) is 0 Å². The van der Waals surface area contributed by atoms with Gasteiger partial charge in [0.25, 0.3) is 5.91 Å². The molecule has 6 heteroatoms. The Morgan fingerprint density at radius 1 is 1.16 bits per heavy atom. The molecule has 102 valence electrons. The Balaban J connectivity index is 1.57. The summed E-state index contributed by atoms with van der Waals surface area (Å²) in [6.07, 6.45) is 2.09. The Labute approximate surface area is 124 Å². The number of rotatable bonds is 2. The first kappa shape index (κ1) is 13.1. The van der Waals surface area contributed by atoms with Gasteiger partial charge in [0.15, 0.2) is 0 Å². The highest BCUT2D eigenvalue weighted by atomic mass is 79.9. The highest BCUT2D eigenvalue weighted by Gasteiger charge is 2.35. The summed E-state index contributed by atoms with van der Waals surface area (Å²) in [5.74, 6) is 0.626. The van der Waals surface area contributed by atoms with Gasteiger partial charge in [-0.2, -0.15) is 0 Å². The van der Waals surface area contributed by atoms with Gasteiger partial charge in [0, 0.05) is 37.5 Å². The molecule has 4 nitrogen and oxygen atoms in total. The molecule has 1 saturated carbocycles. The lowest BCUT2D eigenvalue weighted by molar-refractivity contribution is -0.134. The van der Waals surface area contributed by atoms with Crippen LogP contribution in [0.3, 0.4) is 0 Å². The van der Waals surface area contributed by atoms with Crippen molar-refractivity contribution < 1.29 is 9.59 Å². The summed E-state index contributed by atoms with van der Waals surface area (Å²) < 4.78 is 0.971. The van der Waals surface area contributed by atoms with E-state index in [1.165, 1.54) is 11.3 Å². The van der Waals surface area contributed by atoms with Crippen molar-refractivity contribution in [1.82, 2.24) is 9.80 Å². The first-order valence-electron chi connectivity index (χ1n) is 6.47. The summed E-state index contributed by atoms with van der Waals surface area (Å²) in [7, 11) is 0. The zero-order valence-electron chi connectivity index (χ0n) is 10.5. The quantitative estimate of drug-likeness (QED) is 0.826. The predicted octanol–water partition coefficient (Wildman–Crippen LogP) is 2.21. The highest BCUT2D eigenvalue weighted by molar-refractivity contribution is 9.11. The second kappa shape index (κ2) is 5.25. The molecule has 2 fully saturated rings. The van der Waals surface area contributed by atoms with Crippen molar-refractivity contribution in [3.8, 4) is 0 Å². The molecule has 3 rings (SSSR count). The normalized spacial score (nSPS) is 19.6. The van der Waals surface area contributed by atoms with E-state index in [1.807, 2.05) is 21.2 Å². The van der Waals surface area contributed by atoms with Crippen molar-refractivity contribution in [3.05, 3.63) is 20.8 Å². The Morgan fingerprint density at radius 2 is 1.79 bits per heavy atom. The molecule has 0 spiro atoms. The number of hydrogen-bond acceptors (Lipinski definition) is 3. The van der Waals surface area contributed by atoms with E-state index in [-0.39, 0.29) is 17.7 Å². The van der Waals surface area contributed by atoms with Crippen molar-refractivity contribution in [2.24, 2.45) is 5.92 Å². The van der Waals surface area contributed by atoms with E-state index in [4.69, 9.17) is 0 Å². The molecule has 0 aromatic carbocycles. The van der Waals surface area contributed by atoms with Crippen molar-refractivity contribution in [2.45, 2.75) is 12.8 Å². The Hall–Kier alpha value is -0.880. The number of hydrogen-bond donors (Lipinski definition) is 0. The van der Waals surface area contributed by atoms with E-state index in [0.29, 0.717) is 26.2 Å². The minimum Gasteiger partial charge on any atom is -0.339 e. The molecule has 0 atom stereocenters. The van der Waals surface area contributed by atoms with Gasteiger partial charge in [0.2, 0.25) is 5.91 Å². The van der Waals surface area contributed by atoms with Gasteiger partial charge in [-0.1, -0.05) is 0 Å². The van der Waals surface area contributed by atoms with Crippen LogP contribution in [0.2, 0.25) is 0 Å². The van der Waals surface area contributed by atoms with E-state index in [1.54, 1.807) is 0 Å². The average Bonchev–Trinajstić information content (AvgIpc) is 3.19. The number of amides is 2. The number of carbonyl (C=O) groups excluding carboxylic acids is 2. The maximum atomic E-state index is 12.2. The zero-order chi connectivity index (χ0) is 13.4. The van der Waals surface area contributed by atoms with Gasteiger partial charge in [-0.3, -0.25) is 9.59 Å². The van der Waals surface area contributed by atoms with Crippen LogP contribution < -0.4 is 0 Å². The van der Waals surface area contributed by atoms with Gasteiger partial charge < -0.3 is 9.80 Å². The molecule has 19 heavy (non-hydrogen) atoms. The predicted molar refractivity (Wildman–Crippen MR) is 77.2 cm³/mol. The van der Waals surface area contributed by atoms with Crippen molar-refractivity contribution >= 4 is 39.1 Å². The summed E-state index contributed by atoms with van der Waals surface area (Å²) in [5.41, 5.74) is 0.735.